The van der Waals surface area contributed by atoms with E-state index >= 15 is 0 Å². The highest BCUT2D eigenvalue weighted by molar-refractivity contribution is 7.80. The van der Waals surface area contributed by atoms with Crippen LogP contribution in [0.2, 0.25) is 0 Å². The quantitative estimate of drug-likeness (QED) is 0.574. The lowest BCUT2D eigenvalue weighted by atomic mass is 9.96. The largest absolute Gasteiger partial charge is 0.346 e. The lowest BCUT2D eigenvalue weighted by molar-refractivity contribution is 0.151. The van der Waals surface area contributed by atoms with E-state index in [1.807, 2.05) is 0 Å². The highest BCUT2D eigenvalue weighted by atomic mass is 32.1. The van der Waals surface area contributed by atoms with Crippen LogP contribution in [0.1, 0.15) is 28.3 Å². The fourth-order valence-corrected chi connectivity index (χ4v) is 4.39. The summed E-state index contributed by atoms with van der Waals surface area (Å²) in [4.78, 5) is 4.86. The van der Waals surface area contributed by atoms with Gasteiger partial charge in [-0.3, -0.25) is 4.90 Å². The van der Waals surface area contributed by atoms with E-state index in [4.69, 9.17) is 12.2 Å². The van der Waals surface area contributed by atoms with E-state index in [1.165, 1.54) is 22.3 Å². The van der Waals surface area contributed by atoms with Gasteiger partial charge in [0.05, 0.1) is 6.04 Å². The molecule has 0 amide bonds. The Balaban J connectivity index is 1.44. The van der Waals surface area contributed by atoms with Crippen molar-refractivity contribution < 1.29 is 0 Å². The van der Waals surface area contributed by atoms with Crippen LogP contribution in [0, 0.1) is 13.8 Å². The van der Waals surface area contributed by atoms with Crippen LogP contribution in [0.4, 0.5) is 5.69 Å². The van der Waals surface area contributed by atoms with Gasteiger partial charge < -0.3 is 10.2 Å². The van der Waals surface area contributed by atoms with Crippen LogP contribution in [-0.2, 0) is 0 Å². The lowest BCUT2D eigenvalue weighted by Gasteiger charge is -2.40. The summed E-state index contributed by atoms with van der Waals surface area (Å²) in [5.41, 5.74) is 6.33. The van der Waals surface area contributed by atoms with Crippen molar-refractivity contribution in [1.82, 2.24) is 9.80 Å². The Morgan fingerprint density at radius 3 is 1.87 bits per heavy atom. The summed E-state index contributed by atoms with van der Waals surface area (Å²) in [6.07, 6.45) is 0. The van der Waals surface area contributed by atoms with Crippen molar-refractivity contribution >= 4 is 23.0 Å². The molecule has 30 heavy (non-hydrogen) atoms. The lowest BCUT2D eigenvalue weighted by Crippen LogP contribution is -2.50. The molecule has 1 N–H and O–H groups in total. The summed E-state index contributed by atoms with van der Waals surface area (Å²) in [7, 11) is 0. The molecule has 3 nitrogen and oxygen atoms in total. The second-order valence-corrected chi connectivity index (χ2v) is 8.36. The number of nitrogens with zero attached hydrogens (tertiary/aromatic N) is 2. The van der Waals surface area contributed by atoms with Crippen molar-refractivity contribution in [2.24, 2.45) is 0 Å². The zero-order valence-electron chi connectivity index (χ0n) is 17.7. The monoisotopic (exact) mass is 415 g/mol. The predicted octanol–water partition coefficient (Wildman–Crippen LogP) is 5.41. The molecule has 0 spiro atoms. The average Bonchev–Trinajstić information content (AvgIpc) is 2.78. The molecular weight excluding hydrogens is 386 g/mol. The molecule has 154 valence electrons. The zero-order valence-corrected chi connectivity index (χ0v) is 18.5. The Kier molecular flexibility index (Phi) is 6.46. The van der Waals surface area contributed by atoms with Crippen molar-refractivity contribution in [1.29, 1.82) is 0 Å². The highest BCUT2D eigenvalue weighted by Gasteiger charge is 2.27. The average molecular weight is 416 g/mol. The molecule has 3 aromatic carbocycles. The third-order valence-corrected chi connectivity index (χ3v) is 6.32. The maximum atomic E-state index is 5.72. The van der Waals surface area contributed by atoms with Crippen LogP contribution >= 0.6 is 12.2 Å². The van der Waals surface area contributed by atoms with Gasteiger partial charge in [-0.25, -0.2) is 0 Å². The smallest absolute Gasteiger partial charge is 0.173 e. The number of benzene rings is 3. The van der Waals surface area contributed by atoms with Gasteiger partial charge in [0, 0.05) is 31.9 Å². The summed E-state index contributed by atoms with van der Waals surface area (Å²) in [5.74, 6) is 0. The summed E-state index contributed by atoms with van der Waals surface area (Å²) in [6, 6.07) is 28.3. The zero-order chi connectivity index (χ0) is 20.9. The summed E-state index contributed by atoms with van der Waals surface area (Å²) in [6.45, 7) is 8.06. The van der Waals surface area contributed by atoms with Crippen LogP contribution in [0.3, 0.4) is 0 Å². The van der Waals surface area contributed by atoms with E-state index in [2.05, 4.69) is 108 Å². The number of thiocarbonyl (C=S) groups is 1. The van der Waals surface area contributed by atoms with Gasteiger partial charge >= 0.3 is 0 Å². The Bertz CT molecular complexity index is 940. The van der Waals surface area contributed by atoms with E-state index in [0.717, 1.165) is 37.0 Å². The SMILES string of the molecule is Cc1ccc(NC(=S)N2CCN(C(c3ccccc3)c3ccccc3)CC2)cc1C. The molecule has 0 bridgehead atoms. The second kappa shape index (κ2) is 9.41. The molecule has 0 saturated carbocycles. The maximum absolute atomic E-state index is 5.72. The molecule has 0 atom stereocenters. The van der Waals surface area contributed by atoms with Crippen molar-refractivity contribution in [3.05, 3.63) is 101 Å². The number of rotatable bonds is 4. The molecule has 0 radical (unpaired) electrons. The molecule has 0 unspecified atom stereocenters. The Morgan fingerprint density at radius 2 is 1.33 bits per heavy atom. The minimum Gasteiger partial charge on any atom is -0.346 e. The third-order valence-electron chi connectivity index (χ3n) is 5.96. The van der Waals surface area contributed by atoms with Crippen LogP contribution in [0.15, 0.2) is 78.9 Å². The van der Waals surface area contributed by atoms with E-state index in [9.17, 15) is 0 Å². The molecular formula is C26H29N3S. The van der Waals surface area contributed by atoms with Crippen LogP contribution in [0.25, 0.3) is 0 Å². The summed E-state index contributed by atoms with van der Waals surface area (Å²) >= 11 is 5.72. The van der Waals surface area contributed by atoms with Gasteiger partial charge in [-0.15, -0.1) is 0 Å². The highest BCUT2D eigenvalue weighted by Crippen LogP contribution is 2.29. The summed E-state index contributed by atoms with van der Waals surface area (Å²) < 4.78 is 0. The standard InChI is InChI=1S/C26H29N3S/c1-20-13-14-24(19-21(20)2)27-26(30)29-17-15-28(16-18-29)25(22-9-5-3-6-10-22)23-11-7-4-8-12-23/h3-14,19,25H,15-18H2,1-2H3,(H,27,30). The number of hydrogen-bond acceptors (Lipinski definition) is 2. The Morgan fingerprint density at radius 1 is 0.767 bits per heavy atom. The van der Waals surface area contributed by atoms with E-state index in [-0.39, 0.29) is 6.04 Å². The number of hydrogen-bond donors (Lipinski definition) is 1. The number of nitrogens with one attached hydrogen (secondary N) is 1. The molecule has 0 aromatic heterocycles. The minimum absolute atomic E-state index is 0.274. The topological polar surface area (TPSA) is 18.5 Å². The fraction of sp³-hybridized carbons (Fsp3) is 0.269. The Hall–Kier alpha value is -2.69. The van der Waals surface area contributed by atoms with Crippen molar-refractivity contribution in [3.63, 3.8) is 0 Å². The first-order valence-corrected chi connectivity index (χ1v) is 11.0. The third kappa shape index (κ3) is 4.72. The fourth-order valence-electron chi connectivity index (χ4n) is 4.09. The first-order chi connectivity index (χ1) is 14.6. The molecule has 1 heterocycles. The minimum atomic E-state index is 0.274. The first kappa shape index (κ1) is 20.6. The van der Waals surface area contributed by atoms with Crippen LogP contribution in [-0.4, -0.2) is 41.1 Å². The van der Waals surface area contributed by atoms with E-state index in [0.29, 0.717) is 0 Å². The van der Waals surface area contributed by atoms with Gasteiger partial charge in [0.1, 0.15) is 0 Å². The van der Waals surface area contributed by atoms with Gasteiger partial charge in [0.2, 0.25) is 0 Å². The van der Waals surface area contributed by atoms with Gasteiger partial charge in [0.15, 0.2) is 5.11 Å². The number of aryl methyl sites for hydroxylation is 2. The molecule has 3 aromatic rings. The second-order valence-electron chi connectivity index (χ2n) is 7.98. The van der Waals surface area contributed by atoms with Crippen LogP contribution in [0.5, 0.6) is 0 Å². The molecule has 4 rings (SSSR count). The normalized spacial score (nSPS) is 14.7. The molecule has 1 aliphatic rings. The maximum Gasteiger partial charge on any atom is 0.173 e. The van der Waals surface area contributed by atoms with Gasteiger partial charge in [-0.2, -0.15) is 0 Å². The molecule has 1 aliphatic heterocycles. The van der Waals surface area contributed by atoms with E-state index in [1.54, 1.807) is 0 Å². The number of piperazine rings is 1. The molecule has 0 aliphatic carbocycles. The van der Waals surface area contributed by atoms with Crippen molar-refractivity contribution in [3.8, 4) is 0 Å². The molecule has 1 saturated heterocycles. The molecule has 4 heteroatoms. The van der Waals surface area contributed by atoms with Gasteiger partial charge in [0.25, 0.3) is 0 Å². The predicted molar refractivity (Wildman–Crippen MR) is 130 cm³/mol. The van der Waals surface area contributed by atoms with Crippen LogP contribution < -0.4 is 5.32 Å². The summed E-state index contributed by atoms with van der Waals surface area (Å²) in [5, 5.41) is 4.24. The van der Waals surface area contributed by atoms with E-state index < -0.39 is 0 Å². The van der Waals surface area contributed by atoms with Gasteiger partial charge in [-0.05, 0) is 60.5 Å². The van der Waals surface area contributed by atoms with Crippen molar-refractivity contribution in [2.45, 2.75) is 19.9 Å². The molecule has 1 fully saturated rings. The van der Waals surface area contributed by atoms with Gasteiger partial charge in [-0.1, -0.05) is 66.7 Å². The first-order valence-electron chi connectivity index (χ1n) is 10.6. The Labute approximate surface area is 185 Å². The number of anilines is 1. The van der Waals surface area contributed by atoms with Crippen molar-refractivity contribution in [2.75, 3.05) is 31.5 Å².